The molecule has 0 atom stereocenters. The van der Waals surface area contributed by atoms with Crippen molar-refractivity contribution in [2.24, 2.45) is 17.8 Å². The molecule has 1 heteroatoms. The fraction of sp³-hybridized carbons (Fsp3) is 1.00. The fourth-order valence-corrected chi connectivity index (χ4v) is 9.44. The van der Waals surface area contributed by atoms with Gasteiger partial charge in [-0.25, -0.2) is 0 Å². The van der Waals surface area contributed by atoms with Crippen molar-refractivity contribution in [3.8, 4) is 0 Å². The Bertz CT molecular complexity index is 257. The molecule has 0 aromatic heterocycles. The molecular weight excluding hydrogens is 223 g/mol. The Morgan fingerprint density at radius 3 is 1.82 bits per heavy atom. The summed E-state index contributed by atoms with van der Waals surface area (Å²) >= 11 is 0. The van der Waals surface area contributed by atoms with Crippen LogP contribution in [0.1, 0.15) is 58.3 Å². The molecule has 0 N–H and O–H groups in total. The Kier molecular flexibility index (Phi) is 3.10. The van der Waals surface area contributed by atoms with Gasteiger partial charge in [0.2, 0.25) is 0 Å². The van der Waals surface area contributed by atoms with Crippen molar-refractivity contribution >= 4 is 7.26 Å². The van der Waals surface area contributed by atoms with Gasteiger partial charge in [0.25, 0.3) is 0 Å². The maximum atomic E-state index is 2.70. The lowest BCUT2D eigenvalue weighted by Gasteiger charge is -2.58. The van der Waals surface area contributed by atoms with Crippen LogP contribution in [0.2, 0.25) is 0 Å². The van der Waals surface area contributed by atoms with E-state index >= 15 is 0 Å². The topological polar surface area (TPSA) is 0 Å². The number of hydrogen-bond donors (Lipinski definition) is 0. The molecule has 0 aliphatic heterocycles. The molecule has 0 saturated heterocycles. The van der Waals surface area contributed by atoms with Crippen molar-refractivity contribution in [3.05, 3.63) is 0 Å². The van der Waals surface area contributed by atoms with Gasteiger partial charge in [-0.3, -0.25) is 0 Å². The molecule has 0 aromatic carbocycles. The summed E-state index contributed by atoms with van der Waals surface area (Å²) in [5.41, 5.74) is 0. The van der Waals surface area contributed by atoms with Crippen LogP contribution in [0, 0.1) is 17.8 Å². The molecule has 98 valence electrons. The molecule has 0 nitrogen and oxygen atoms in total. The lowest BCUT2D eigenvalue weighted by Crippen LogP contribution is -2.51. The Morgan fingerprint density at radius 2 is 1.41 bits per heavy atom. The van der Waals surface area contributed by atoms with E-state index in [-0.39, 0.29) is 0 Å². The van der Waals surface area contributed by atoms with E-state index in [1.165, 1.54) is 12.8 Å². The smallest absolute Gasteiger partial charge is 0.0652 e. The molecule has 0 aromatic rings. The van der Waals surface area contributed by atoms with Crippen LogP contribution in [0.3, 0.4) is 0 Å². The van der Waals surface area contributed by atoms with Gasteiger partial charge in [-0.15, -0.1) is 0 Å². The van der Waals surface area contributed by atoms with Gasteiger partial charge >= 0.3 is 0 Å². The van der Waals surface area contributed by atoms with Crippen LogP contribution in [0.25, 0.3) is 0 Å². The van der Waals surface area contributed by atoms with Crippen molar-refractivity contribution in [2.75, 3.05) is 19.5 Å². The Labute approximate surface area is 108 Å². The van der Waals surface area contributed by atoms with Gasteiger partial charge in [0.15, 0.2) is 0 Å². The van der Waals surface area contributed by atoms with E-state index in [2.05, 4.69) is 20.3 Å². The minimum Gasteiger partial charge on any atom is -0.0652 e. The average molecular weight is 253 g/mol. The first-order valence-electron chi connectivity index (χ1n) is 7.88. The zero-order valence-electron chi connectivity index (χ0n) is 12.0. The van der Waals surface area contributed by atoms with Gasteiger partial charge in [0.1, 0.15) is 0 Å². The minimum absolute atomic E-state index is 0.659. The maximum Gasteiger partial charge on any atom is 0.0802 e. The van der Waals surface area contributed by atoms with Crippen LogP contribution >= 0.6 is 7.26 Å². The highest BCUT2D eigenvalue weighted by Gasteiger charge is 2.60. The maximum absolute atomic E-state index is 2.70. The van der Waals surface area contributed by atoms with Crippen LogP contribution in [-0.4, -0.2) is 24.6 Å². The predicted octanol–water partition coefficient (Wildman–Crippen LogP) is 5.03. The van der Waals surface area contributed by atoms with Gasteiger partial charge < -0.3 is 0 Å². The highest BCUT2D eigenvalue weighted by Crippen LogP contribution is 2.75. The third-order valence-electron chi connectivity index (χ3n) is 6.36. The summed E-state index contributed by atoms with van der Waals surface area (Å²) in [5, 5.41) is 0.858. The zero-order chi connectivity index (χ0) is 12.1. The zero-order valence-corrected chi connectivity index (χ0v) is 12.9. The van der Waals surface area contributed by atoms with E-state index in [1.807, 2.05) is 0 Å². The van der Waals surface area contributed by atoms with Gasteiger partial charge in [0.05, 0.1) is 11.3 Å². The summed E-state index contributed by atoms with van der Waals surface area (Å²) < 4.78 is 0. The summed E-state index contributed by atoms with van der Waals surface area (Å²) in [6.07, 6.45) is 14.2. The first-order chi connectivity index (χ1) is 8.05. The summed E-state index contributed by atoms with van der Waals surface area (Å²) in [7, 11) is -0.659. The molecule has 4 fully saturated rings. The second-order valence-electron chi connectivity index (χ2n) is 7.90. The molecule has 0 spiro atoms. The Balaban J connectivity index is 1.81. The van der Waals surface area contributed by atoms with Crippen molar-refractivity contribution in [1.82, 2.24) is 0 Å². The second kappa shape index (κ2) is 4.22. The monoisotopic (exact) mass is 253 g/mol. The minimum atomic E-state index is -0.659. The largest absolute Gasteiger partial charge is 0.0802 e. The number of rotatable bonds is 4. The van der Waals surface area contributed by atoms with E-state index in [0.29, 0.717) is 0 Å². The highest BCUT2D eigenvalue weighted by molar-refractivity contribution is 7.76. The van der Waals surface area contributed by atoms with Crippen LogP contribution in [0.5, 0.6) is 0 Å². The number of hydrogen-bond acceptors (Lipinski definition) is 0. The standard InChI is InChI=1S/C16H30P/c1-4-5-6-17(2,3)16-10-13-7-14(11-16)9-15(8-13)12-16/h13-15H,4-12H2,1-3H3/q+1. The Morgan fingerprint density at radius 1 is 0.941 bits per heavy atom. The van der Waals surface area contributed by atoms with Crippen molar-refractivity contribution in [1.29, 1.82) is 0 Å². The Hall–Kier alpha value is 0.430. The SMILES string of the molecule is CCCC[P+](C)(C)C12CC3CC(CC(C3)C1)C2. The lowest BCUT2D eigenvalue weighted by molar-refractivity contribution is 0.0345. The molecule has 17 heavy (non-hydrogen) atoms. The van der Waals surface area contributed by atoms with E-state index < -0.39 is 7.26 Å². The first kappa shape index (κ1) is 12.5. The molecule has 0 radical (unpaired) electrons. The third kappa shape index (κ3) is 1.99. The van der Waals surface area contributed by atoms with Crippen LogP contribution in [0.4, 0.5) is 0 Å². The van der Waals surface area contributed by atoms with Gasteiger partial charge in [-0.2, -0.15) is 0 Å². The molecule has 4 aliphatic rings. The normalized spacial score (nSPS) is 44.3. The molecule has 4 saturated carbocycles. The molecule has 0 heterocycles. The molecule has 4 bridgehead atoms. The molecular formula is C16H30P+. The molecule has 4 aliphatic carbocycles. The molecule has 0 amide bonds. The summed E-state index contributed by atoms with van der Waals surface area (Å²) in [5.74, 6) is 3.42. The fourth-order valence-electron chi connectivity index (χ4n) is 5.60. The highest BCUT2D eigenvalue weighted by atomic mass is 31.2. The van der Waals surface area contributed by atoms with Gasteiger partial charge in [0, 0.05) is 20.6 Å². The quantitative estimate of drug-likeness (QED) is 0.616. The van der Waals surface area contributed by atoms with Gasteiger partial charge in [-0.1, -0.05) is 13.3 Å². The van der Waals surface area contributed by atoms with Crippen LogP contribution in [0.15, 0.2) is 0 Å². The average Bonchev–Trinajstić information content (AvgIpc) is 2.24. The van der Waals surface area contributed by atoms with Gasteiger partial charge in [-0.05, 0) is 62.7 Å². The third-order valence-corrected chi connectivity index (χ3v) is 10.9. The second-order valence-corrected chi connectivity index (χ2v) is 12.7. The van der Waals surface area contributed by atoms with E-state index in [9.17, 15) is 0 Å². The van der Waals surface area contributed by atoms with E-state index in [1.54, 1.807) is 44.7 Å². The lowest BCUT2D eigenvalue weighted by atomic mass is 9.56. The number of unbranched alkanes of at least 4 members (excludes halogenated alkanes) is 1. The van der Waals surface area contributed by atoms with Crippen molar-refractivity contribution in [2.45, 2.75) is 63.4 Å². The molecule has 4 rings (SSSR count). The summed E-state index contributed by atoms with van der Waals surface area (Å²) in [4.78, 5) is 0. The van der Waals surface area contributed by atoms with Crippen molar-refractivity contribution in [3.63, 3.8) is 0 Å². The predicted molar refractivity (Wildman–Crippen MR) is 79.4 cm³/mol. The first-order valence-corrected chi connectivity index (χ1v) is 10.7. The van der Waals surface area contributed by atoms with Crippen LogP contribution in [-0.2, 0) is 0 Å². The van der Waals surface area contributed by atoms with E-state index in [0.717, 1.165) is 22.9 Å². The van der Waals surface area contributed by atoms with Crippen LogP contribution < -0.4 is 0 Å². The molecule has 0 unspecified atom stereocenters. The summed E-state index contributed by atoms with van der Waals surface area (Å²) in [6, 6.07) is 0. The van der Waals surface area contributed by atoms with E-state index in [4.69, 9.17) is 0 Å². The van der Waals surface area contributed by atoms with Crippen molar-refractivity contribution < 1.29 is 0 Å². The summed E-state index contributed by atoms with van der Waals surface area (Å²) in [6.45, 7) is 7.77.